The fourth-order valence-electron chi connectivity index (χ4n) is 3.60. The molecule has 0 saturated heterocycles. The molecule has 0 N–H and O–H groups in total. The highest BCUT2D eigenvalue weighted by atomic mass is 35.5. The minimum atomic E-state index is 0.614. The maximum atomic E-state index is 5.93. The molecule has 0 aliphatic heterocycles. The first-order valence-corrected chi connectivity index (χ1v) is 9.21. The zero-order chi connectivity index (χ0) is 16.8. The molecule has 0 atom stereocenters. The summed E-state index contributed by atoms with van der Waals surface area (Å²) in [6.07, 6.45) is 11.6. The van der Waals surface area contributed by atoms with Crippen LogP contribution in [0.15, 0.2) is 36.7 Å². The number of ether oxygens (including phenoxy) is 1. The van der Waals surface area contributed by atoms with E-state index in [0.717, 1.165) is 28.9 Å². The van der Waals surface area contributed by atoms with Gasteiger partial charge in [0.05, 0.1) is 0 Å². The summed E-state index contributed by atoms with van der Waals surface area (Å²) < 4.78 is 5.15. The number of hydrogen-bond acceptors (Lipinski definition) is 3. The van der Waals surface area contributed by atoms with Crippen molar-refractivity contribution in [2.45, 2.75) is 44.4 Å². The van der Waals surface area contributed by atoms with Gasteiger partial charge in [-0.2, -0.15) is 0 Å². The maximum absolute atomic E-state index is 5.93. The molecule has 3 rings (SSSR count). The first-order valence-electron chi connectivity index (χ1n) is 8.83. The van der Waals surface area contributed by atoms with Crippen LogP contribution in [0.4, 0.5) is 0 Å². The van der Waals surface area contributed by atoms with Crippen molar-refractivity contribution in [3.63, 3.8) is 0 Å². The Labute approximate surface area is 149 Å². The van der Waals surface area contributed by atoms with Crippen LogP contribution in [0.3, 0.4) is 0 Å². The number of benzene rings is 1. The Morgan fingerprint density at radius 1 is 1.04 bits per heavy atom. The molecule has 24 heavy (non-hydrogen) atoms. The molecule has 128 valence electrons. The van der Waals surface area contributed by atoms with E-state index in [2.05, 4.69) is 9.97 Å². The largest absolute Gasteiger partial charge is 0.385 e. The summed E-state index contributed by atoms with van der Waals surface area (Å²) in [5.74, 6) is 2.25. The predicted molar refractivity (Wildman–Crippen MR) is 98.3 cm³/mol. The number of hydrogen-bond donors (Lipinski definition) is 0. The number of methoxy groups -OCH3 is 1. The van der Waals surface area contributed by atoms with E-state index in [1.165, 1.54) is 44.1 Å². The molecule has 0 radical (unpaired) electrons. The number of aromatic nitrogens is 2. The first-order chi connectivity index (χ1) is 11.8. The normalized spacial score (nSPS) is 20.9. The molecule has 0 bridgehead atoms. The third-order valence-electron chi connectivity index (χ3n) is 5.05. The molecule has 1 saturated carbocycles. The predicted octanol–water partition coefficient (Wildman–Crippen LogP) is 5.50. The molecule has 0 spiro atoms. The third-order valence-corrected chi connectivity index (χ3v) is 5.31. The van der Waals surface area contributed by atoms with E-state index in [1.807, 2.05) is 36.7 Å². The lowest BCUT2D eigenvalue weighted by Gasteiger charge is -2.28. The van der Waals surface area contributed by atoms with Crippen molar-refractivity contribution >= 4 is 11.6 Å². The first kappa shape index (κ1) is 17.4. The van der Waals surface area contributed by atoms with E-state index >= 15 is 0 Å². The van der Waals surface area contributed by atoms with E-state index in [-0.39, 0.29) is 0 Å². The highest BCUT2D eigenvalue weighted by Crippen LogP contribution is 2.37. The zero-order valence-corrected chi connectivity index (χ0v) is 15.0. The van der Waals surface area contributed by atoms with Gasteiger partial charge < -0.3 is 4.74 Å². The van der Waals surface area contributed by atoms with Crippen LogP contribution in [-0.2, 0) is 4.74 Å². The smallest absolute Gasteiger partial charge is 0.159 e. The van der Waals surface area contributed by atoms with Gasteiger partial charge in [-0.3, -0.25) is 0 Å². The number of halogens is 1. The summed E-state index contributed by atoms with van der Waals surface area (Å²) in [6, 6.07) is 7.67. The quantitative estimate of drug-likeness (QED) is 0.649. The average Bonchev–Trinajstić information content (AvgIpc) is 2.63. The van der Waals surface area contributed by atoms with Crippen LogP contribution in [0.1, 0.15) is 50.0 Å². The van der Waals surface area contributed by atoms with Gasteiger partial charge in [0.25, 0.3) is 0 Å². The molecule has 3 nitrogen and oxygen atoms in total. The molecule has 0 unspecified atom stereocenters. The van der Waals surface area contributed by atoms with Crippen molar-refractivity contribution in [3.05, 3.63) is 47.2 Å². The van der Waals surface area contributed by atoms with Crippen molar-refractivity contribution in [1.82, 2.24) is 9.97 Å². The topological polar surface area (TPSA) is 35.0 Å². The summed E-state index contributed by atoms with van der Waals surface area (Å²) in [6.45, 7) is 0.889. The molecule has 2 aromatic rings. The zero-order valence-electron chi connectivity index (χ0n) is 14.2. The van der Waals surface area contributed by atoms with E-state index in [9.17, 15) is 0 Å². The number of nitrogens with zero attached hydrogens (tertiary/aromatic N) is 2. The Bertz CT molecular complexity index is 619. The Balaban J connectivity index is 1.56. The monoisotopic (exact) mass is 344 g/mol. The fraction of sp³-hybridized carbons (Fsp3) is 0.500. The number of rotatable bonds is 6. The van der Waals surface area contributed by atoms with Gasteiger partial charge in [-0.15, -0.1) is 0 Å². The highest BCUT2D eigenvalue weighted by Gasteiger charge is 2.22. The van der Waals surface area contributed by atoms with Gasteiger partial charge in [0.1, 0.15) is 0 Å². The second-order valence-electron chi connectivity index (χ2n) is 6.70. The van der Waals surface area contributed by atoms with Gasteiger partial charge in [0.2, 0.25) is 0 Å². The fourth-order valence-corrected chi connectivity index (χ4v) is 3.72. The van der Waals surface area contributed by atoms with E-state index in [1.54, 1.807) is 7.11 Å². The van der Waals surface area contributed by atoms with E-state index < -0.39 is 0 Å². The Morgan fingerprint density at radius 2 is 1.71 bits per heavy atom. The molecule has 1 aliphatic carbocycles. The van der Waals surface area contributed by atoms with Crippen LogP contribution in [0.25, 0.3) is 11.4 Å². The van der Waals surface area contributed by atoms with Gasteiger partial charge >= 0.3 is 0 Å². The minimum Gasteiger partial charge on any atom is -0.385 e. The summed E-state index contributed by atoms with van der Waals surface area (Å²) >= 11 is 5.93. The molecule has 1 fully saturated rings. The third kappa shape index (κ3) is 4.55. The van der Waals surface area contributed by atoms with E-state index in [4.69, 9.17) is 16.3 Å². The van der Waals surface area contributed by atoms with Gasteiger partial charge in [0.15, 0.2) is 5.82 Å². The SMILES string of the molecule is COCCCC1CCC(c2cnc(-c3ccc(Cl)cc3)nc2)CC1. The van der Waals surface area contributed by atoms with Crippen LogP contribution < -0.4 is 0 Å². The lowest BCUT2D eigenvalue weighted by Crippen LogP contribution is -2.14. The average molecular weight is 345 g/mol. The van der Waals surface area contributed by atoms with Crippen molar-refractivity contribution < 1.29 is 4.74 Å². The molecule has 1 aromatic heterocycles. The molecule has 0 amide bonds. The molecule has 1 aromatic carbocycles. The van der Waals surface area contributed by atoms with Crippen molar-refractivity contribution in [2.24, 2.45) is 5.92 Å². The minimum absolute atomic E-state index is 0.614. The Morgan fingerprint density at radius 3 is 2.33 bits per heavy atom. The molecular formula is C20H25ClN2O. The van der Waals surface area contributed by atoms with Gasteiger partial charge in [-0.05, 0) is 80.2 Å². The van der Waals surface area contributed by atoms with Crippen molar-refractivity contribution in [3.8, 4) is 11.4 Å². The maximum Gasteiger partial charge on any atom is 0.159 e. The summed E-state index contributed by atoms with van der Waals surface area (Å²) in [5, 5.41) is 0.734. The second-order valence-corrected chi connectivity index (χ2v) is 7.14. The van der Waals surface area contributed by atoms with Gasteiger partial charge in [-0.1, -0.05) is 11.6 Å². The summed E-state index contributed by atoms with van der Waals surface area (Å²) in [4.78, 5) is 9.13. The van der Waals surface area contributed by atoms with Crippen molar-refractivity contribution in [2.75, 3.05) is 13.7 Å². The lowest BCUT2D eigenvalue weighted by molar-refractivity contribution is 0.180. The Hall–Kier alpha value is -1.45. The summed E-state index contributed by atoms with van der Waals surface area (Å²) in [5.41, 5.74) is 2.29. The van der Waals surface area contributed by atoms with Crippen LogP contribution >= 0.6 is 11.6 Å². The van der Waals surface area contributed by atoms with Crippen molar-refractivity contribution in [1.29, 1.82) is 0 Å². The standard InChI is InChI=1S/C20H25ClN2O/c1-24-12-2-3-15-4-6-16(7-5-15)18-13-22-20(23-14-18)17-8-10-19(21)11-9-17/h8-11,13-16H,2-7,12H2,1H3. The lowest BCUT2D eigenvalue weighted by atomic mass is 9.78. The van der Waals surface area contributed by atoms with Gasteiger partial charge in [0, 0.05) is 36.7 Å². The summed E-state index contributed by atoms with van der Waals surface area (Å²) in [7, 11) is 1.78. The van der Waals surface area contributed by atoms with Crippen LogP contribution in [0.2, 0.25) is 5.02 Å². The molecule has 1 aliphatic rings. The van der Waals surface area contributed by atoms with Crippen LogP contribution in [0.5, 0.6) is 0 Å². The van der Waals surface area contributed by atoms with Crippen LogP contribution in [-0.4, -0.2) is 23.7 Å². The van der Waals surface area contributed by atoms with Gasteiger partial charge in [-0.25, -0.2) is 9.97 Å². The van der Waals surface area contributed by atoms with Crippen LogP contribution in [0, 0.1) is 5.92 Å². The molecule has 1 heterocycles. The highest BCUT2D eigenvalue weighted by molar-refractivity contribution is 6.30. The Kier molecular flexibility index (Phi) is 6.22. The molecular weight excluding hydrogens is 320 g/mol. The molecule has 4 heteroatoms. The van der Waals surface area contributed by atoms with E-state index in [0.29, 0.717) is 5.92 Å². The second kappa shape index (κ2) is 8.59.